The van der Waals surface area contributed by atoms with E-state index in [9.17, 15) is 67.5 Å². The number of alkyl halides is 7. The maximum Gasteiger partial charge on any atom is 0.569 e. The molecule has 0 aliphatic heterocycles. The zero-order valence-corrected chi connectivity index (χ0v) is 78.3. The Bertz CT molecular complexity index is 5610. The summed E-state index contributed by atoms with van der Waals surface area (Å²) >= 11 is 8.40. The highest BCUT2D eigenvalue weighted by Gasteiger charge is 2.39. The average molecular weight is 2070 g/mol. The molecule has 45 heteroatoms. The number of benzene rings is 6. The van der Waals surface area contributed by atoms with E-state index in [0.29, 0.717) is 106 Å². The minimum absolute atomic E-state index is 0. The molecule has 4 amide bonds. The smallest absolute Gasteiger partial charge is 0.537 e. The van der Waals surface area contributed by atoms with E-state index in [0.717, 1.165) is 27.8 Å². The predicted molar refractivity (Wildman–Crippen MR) is 520 cm³/mol. The molecule has 6 aromatic heterocycles. The van der Waals surface area contributed by atoms with Crippen molar-refractivity contribution >= 4 is 59.2 Å². The van der Waals surface area contributed by atoms with Crippen LogP contribution in [0.5, 0.6) is 40.2 Å². The van der Waals surface area contributed by atoms with Gasteiger partial charge in [0.2, 0.25) is 5.28 Å². The third-order valence-electron chi connectivity index (χ3n) is 16.1. The van der Waals surface area contributed by atoms with Crippen molar-refractivity contribution in [3.8, 4) is 97.2 Å². The minimum Gasteiger partial charge on any atom is -0.537 e. The van der Waals surface area contributed by atoms with Crippen molar-refractivity contribution in [2.45, 2.75) is 87.4 Å². The summed E-state index contributed by atoms with van der Waals surface area (Å²) in [6.07, 6.45) is 10.0. The van der Waals surface area contributed by atoms with Gasteiger partial charge in [0, 0.05) is 164 Å². The molecule has 6 aromatic carbocycles. The molecule has 0 spiro atoms. The number of nitrogens with one attached hydrogen (secondary N) is 4. The van der Waals surface area contributed by atoms with Gasteiger partial charge in [-0.15, -0.1) is 0 Å². The number of carbonyl (C=O) groups excluding carboxylic acids is 4. The number of ether oxygens (including phenoxy) is 6. The highest BCUT2D eigenvalue weighted by atomic mass is 79.9. The lowest BCUT2D eigenvalue weighted by Gasteiger charge is -2.20. The molecular formula is C97H106BBrClF11N17O14. The predicted octanol–water partition coefficient (Wildman–Crippen LogP) is 20.3. The fourth-order valence-electron chi connectivity index (χ4n) is 9.42. The van der Waals surface area contributed by atoms with Crippen LogP contribution < -0.4 is 50.6 Å². The SMILES string of the molecule is C.C.CC(C)(C)OC(=O)NCC(=CF)CBr.CC(C)(C)OC(=O)NCC(=CF)COc1ccc(-c2ncccn2)cc1.Clc1ncccn1.NCC(=CF)COc1ccc(-c2ncccn2)cc1.O=C(NC/C(=C/F)COc1ccc(-c2ncccn2)cc1)C(F)(F)F.O=C(NC/C(=C\F)COc1ccc(-c2ncccn2)cc1)C(F)(F)F.O[B]Oc1ccc(O)cc1.Oc1ccc(-c2ncccn2)cc1.[3H]C. The number of nitrogens with two attached hydrogens (primary N) is 1. The van der Waals surface area contributed by atoms with Gasteiger partial charge in [0.25, 0.3) is 0 Å². The van der Waals surface area contributed by atoms with Crippen LogP contribution >= 0.6 is 27.5 Å². The molecule has 0 aliphatic rings. The van der Waals surface area contributed by atoms with E-state index in [2.05, 4.69) is 91.0 Å². The minimum atomic E-state index is -5.02. The number of carbonyl (C=O) groups is 4. The first-order valence-electron chi connectivity index (χ1n) is 41.7. The highest BCUT2D eigenvalue weighted by molar-refractivity contribution is 9.09. The molecule has 0 fully saturated rings. The first-order chi connectivity index (χ1) is 67.5. The first kappa shape index (κ1) is 121. The fraction of sp³-hybridized carbons (Fsp3) is 0.237. The lowest BCUT2D eigenvalue weighted by Crippen LogP contribution is -2.38. The summed E-state index contributed by atoms with van der Waals surface area (Å²) in [6, 6.07) is 50.8. The van der Waals surface area contributed by atoms with Crippen molar-refractivity contribution in [2.75, 3.05) is 64.5 Å². The summed E-state index contributed by atoms with van der Waals surface area (Å²) in [4.78, 5) is 92.5. The molecule has 0 atom stereocenters. The molecule has 12 rings (SSSR count). The molecule has 0 saturated heterocycles. The van der Waals surface area contributed by atoms with Crippen LogP contribution in [0.25, 0.3) is 56.9 Å². The topological polar surface area (TPSA) is 422 Å². The quantitative estimate of drug-likeness (QED) is 0.00934. The number of phenols is 2. The zero-order chi connectivity index (χ0) is 104. The Morgan fingerprint density at radius 1 is 0.373 bits per heavy atom. The number of hydrogen-bond acceptors (Lipinski definition) is 27. The Morgan fingerprint density at radius 3 is 0.803 bits per heavy atom. The molecule has 757 valence electrons. The van der Waals surface area contributed by atoms with Crippen LogP contribution in [0.1, 0.15) is 65.2 Å². The maximum absolute atomic E-state index is 13.0. The molecule has 0 bridgehead atoms. The molecular weight excluding hydrogens is 1960 g/mol. The van der Waals surface area contributed by atoms with E-state index in [-0.39, 0.29) is 102 Å². The van der Waals surface area contributed by atoms with E-state index in [1.54, 1.807) is 272 Å². The van der Waals surface area contributed by atoms with Crippen LogP contribution in [0.2, 0.25) is 5.28 Å². The van der Waals surface area contributed by atoms with Crippen molar-refractivity contribution < 1.29 is 117 Å². The average Bonchev–Trinajstić information content (AvgIpc) is 0.871. The van der Waals surface area contributed by atoms with E-state index in [4.69, 9.17) is 62.4 Å². The molecule has 12 aromatic rings. The normalized spacial score (nSPS) is 11.1. The van der Waals surface area contributed by atoms with Gasteiger partial charge in [-0.05, 0) is 241 Å². The largest absolute Gasteiger partial charge is 0.569 e. The Morgan fingerprint density at radius 2 is 0.592 bits per heavy atom. The summed E-state index contributed by atoms with van der Waals surface area (Å²) < 4.78 is 177. The number of hydrogen-bond donors (Lipinski definition) is 8. The van der Waals surface area contributed by atoms with Crippen LogP contribution in [-0.2, 0) is 19.1 Å². The number of halogens is 13. The van der Waals surface area contributed by atoms with Gasteiger partial charge in [-0.3, -0.25) is 9.59 Å². The standard InChI is InChI=1S/C19H22FN3O3.2C16H13F4N3O2.C14H14FN3O.C10H8N2O.C9H15BrFNO2.C6H6BO3.C4H3ClN2.3CH4/c1-19(2,3)26-18(24)23-12-14(11-20)13-25-16-7-5-15(6-8-16)17-21-9-4-10-22-17;2*17-8-11(9-23-15(24)16(18,19)20)10-25-13-4-2-12(3-5-13)14-21-6-1-7-22-14;15-8-11(9-16)10-19-13-4-2-12(3-5-13)14-17-6-1-7-18-14;13-9-4-2-8(3-5-9)10-11-6-1-7-12-10;1-9(2,3)14-8(13)12-6-7(4-10)5-11;8-5-1-3-6(4-2-5)10-7-9;5-4-6-2-1-3-7-4;;;/h4-11H,12-13H2,1-3H3,(H,23,24);2*1-8H,9-10H2,(H,23,24);1-8H,9-10,16H2;1-7,13H;5H,4,6H2,1-3H3,(H,12,13);1-4,8-9H;1-3H;3*1H4/b;11-8+;11-8-;;;;;;;;/i;;;;;;;;1T;;. The van der Waals surface area contributed by atoms with Gasteiger partial charge >= 0.3 is 44.0 Å². The number of alkyl carbamates (subject to hydrolysis) is 2. The number of aromatic hydroxyl groups is 2. The summed E-state index contributed by atoms with van der Waals surface area (Å²) in [6.45, 7) is 9.19. The van der Waals surface area contributed by atoms with Crippen LogP contribution in [0.3, 0.4) is 0 Å². The van der Waals surface area contributed by atoms with Gasteiger partial charge in [-0.2, -0.15) is 26.3 Å². The van der Waals surface area contributed by atoms with E-state index < -0.39 is 60.6 Å². The summed E-state index contributed by atoms with van der Waals surface area (Å²) in [5.74, 6) is 1.58. The van der Waals surface area contributed by atoms with Crippen LogP contribution in [-0.4, -0.2) is 195 Å². The third kappa shape index (κ3) is 51.8. The Hall–Kier alpha value is -15.4. The zero-order valence-electron chi connectivity index (χ0n) is 77.0. The lowest BCUT2D eigenvalue weighted by atomic mass is 10.2. The summed E-state index contributed by atoms with van der Waals surface area (Å²) in [5.41, 5.74) is 9.20. The lowest BCUT2D eigenvalue weighted by molar-refractivity contribution is -0.173. The number of amides is 4. The van der Waals surface area contributed by atoms with Crippen LogP contribution in [0.4, 0.5) is 57.9 Å². The van der Waals surface area contributed by atoms with Gasteiger partial charge in [-0.25, -0.2) is 91.3 Å². The maximum atomic E-state index is 13.0. The van der Waals surface area contributed by atoms with Crippen molar-refractivity contribution in [3.63, 3.8) is 0 Å². The number of nitrogens with zero attached hydrogens (tertiary/aromatic N) is 12. The van der Waals surface area contributed by atoms with Crippen molar-refractivity contribution in [1.82, 2.24) is 81.1 Å². The summed E-state index contributed by atoms with van der Waals surface area (Å²) in [7, 11) is 1.84. The second-order valence-electron chi connectivity index (χ2n) is 29.1. The third-order valence-corrected chi connectivity index (χ3v) is 17.0. The van der Waals surface area contributed by atoms with Crippen LogP contribution in [0.15, 0.2) is 316 Å². The van der Waals surface area contributed by atoms with Gasteiger partial charge < -0.3 is 75.3 Å². The monoisotopic (exact) mass is 2070 g/mol. The molecule has 31 nitrogen and oxygen atoms in total. The molecule has 0 unspecified atom stereocenters. The Kier molecular flexibility index (Phi) is 56.9. The molecule has 0 aliphatic carbocycles. The van der Waals surface area contributed by atoms with Gasteiger partial charge in [0.1, 0.15) is 77.9 Å². The molecule has 1 radical (unpaired) electrons. The second kappa shape index (κ2) is 67.0. The first-order valence-corrected chi connectivity index (χ1v) is 42.2. The van der Waals surface area contributed by atoms with E-state index in [1.165, 1.54) is 19.5 Å². The number of aromatic nitrogens is 12. The second-order valence-corrected chi connectivity index (χ2v) is 30.0. The highest BCUT2D eigenvalue weighted by Crippen LogP contribution is 2.26. The van der Waals surface area contributed by atoms with Gasteiger partial charge in [-0.1, -0.05) is 38.2 Å². The molecule has 142 heavy (non-hydrogen) atoms. The van der Waals surface area contributed by atoms with E-state index >= 15 is 0 Å². The summed E-state index contributed by atoms with van der Waals surface area (Å²) in [5, 5.41) is 34.8. The van der Waals surface area contributed by atoms with Crippen molar-refractivity contribution in [3.05, 3.63) is 321 Å². The van der Waals surface area contributed by atoms with Crippen LogP contribution in [0, 0.1) is 0 Å². The number of phenolic OH excluding ortho intramolecular Hbond substituents is 2. The number of rotatable bonds is 29. The molecule has 6 heterocycles. The van der Waals surface area contributed by atoms with E-state index in [1.807, 2.05) is 24.3 Å². The molecule has 0 saturated carbocycles. The van der Waals surface area contributed by atoms with Gasteiger partial charge in [0.05, 0.1) is 31.6 Å². The van der Waals surface area contributed by atoms with Crippen molar-refractivity contribution in [2.24, 2.45) is 5.73 Å². The van der Waals surface area contributed by atoms with Crippen molar-refractivity contribution in [1.29, 1.82) is 0 Å². The molecule has 9 N–H and O–H groups in total. The fourth-order valence-corrected chi connectivity index (χ4v) is 9.86. The Balaban J connectivity index is 0.000000564. The Labute approximate surface area is 829 Å². The van der Waals surface area contributed by atoms with Gasteiger partial charge in [0.15, 0.2) is 29.1 Å².